The molecule has 0 aromatic rings. The van der Waals surface area contributed by atoms with Gasteiger partial charge in [-0.15, -0.1) is 0 Å². The highest BCUT2D eigenvalue weighted by atomic mass is 32.2. The molecule has 0 atom stereocenters. The average molecular weight is 301 g/mol. The third-order valence-corrected chi connectivity index (χ3v) is 4.33. The van der Waals surface area contributed by atoms with Crippen LogP contribution in [-0.4, -0.2) is 62.6 Å². The summed E-state index contributed by atoms with van der Waals surface area (Å²) in [6.45, 7) is 5.95. The normalized spacial score (nSPS) is 17.2. The molecule has 0 amide bonds. The van der Waals surface area contributed by atoms with Gasteiger partial charge in [-0.2, -0.15) is 11.8 Å². The van der Waals surface area contributed by atoms with Gasteiger partial charge in [-0.05, 0) is 51.6 Å². The molecule has 1 aliphatic rings. The second-order valence-corrected chi connectivity index (χ2v) is 6.37. The lowest BCUT2D eigenvalue weighted by Gasteiger charge is -2.26. The number of guanidine groups is 1. The summed E-state index contributed by atoms with van der Waals surface area (Å²) < 4.78 is 0. The lowest BCUT2D eigenvalue weighted by Crippen LogP contribution is -2.38. The molecular formula is C15H32N4S. The van der Waals surface area contributed by atoms with Crippen LogP contribution in [0.15, 0.2) is 4.99 Å². The van der Waals surface area contributed by atoms with Crippen LogP contribution in [0.2, 0.25) is 0 Å². The minimum Gasteiger partial charge on any atom is -0.356 e. The Morgan fingerprint density at radius 3 is 2.50 bits per heavy atom. The number of piperidine rings is 1. The summed E-state index contributed by atoms with van der Waals surface area (Å²) in [6, 6.07) is 0. The molecule has 20 heavy (non-hydrogen) atoms. The summed E-state index contributed by atoms with van der Waals surface area (Å²) in [5.74, 6) is 2.06. The first-order valence-electron chi connectivity index (χ1n) is 8.02. The second kappa shape index (κ2) is 12.3. The summed E-state index contributed by atoms with van der Waals surface area (Å²) in [5.41, 5.74) is 0. The number of rotatable bonds is 9. The minimum absolute atomic E-state index is 0.940. The lowest BCUT2D eigenvalue weighted by atomic mass is 10.1. The Hall–Kier alpha value is -0.420. The van der Waals surface area contributed by atoms with E-state index in [4.69, 9.17) is 0 Å². The van der Waals surface area contributed by atoms with Gasteiger partial charge in [0.05, 0.1) is 0 Å². The molecule has 0 aromatic carbocycles. The largest absolute Gasteiger partial charge is 0.356 e. The Balaban J connectivity index is 1.92. The van der Waals surface area contributed by atoms with Crippen molar-refractivity contribution >= 4 is 17.7 Å². The van der Waals surface area contributed by atoms with Crippen molar-refractivity contribution in [2.75, 3.05) is 51.8 Å². The van der Waals surface area contributed by atoms with Gasteiger partial charge in [0, 0.05) is 25.9 Å². The van der Waals surface area contributed by atoms with Gasteiger partial charge in [-0.1, -0.05) is 12.8 Å². The minimum atomic E-state index is 0.940. The van der Waals surface area contributed by atoms with Gasteiger partial charge in [-0.3, -0.25) is 4.99 Å². The number of unbranched alkanes of at least 4 members (excludes halogenated alkanes) is 2. The second-order valence-electron chi connectivity index (χ2n) is 5.38. The number of nitrogens with zero attached hydrogens (tertiary/aromatic N) is 2. The van der Waals surface area contributed by atoms with E-state index in [0.717, 1.165) is 24.8 Å². The number of likely N-dealkylation sites (tertiary alicyclic amines) is 1. The van der Waals surface area contributed by atoms with E-state index in [1.807, 2.05) is 18.8 Å². The Bertz CT molecular complexity index is 252. The van der Waals surface area contributed by atoms with E-state index in [1.54, 1.807) is 0 Å². The van der Waals surface area contributed by atoms with Gasteiger partial charge in [0.25, 0.3) is 0 Å². The Kier molecular flexibility index (Phi) is 10.9. The van der Waals surface area contributed by atoms with E-state index >= 15 is 0 Å². The Morgan fingerprint density at radius 1 is 1.05 bits per heavy atom. The van der Waals surface area contributed by atoms with Gasteiger partial charge >= 0.3 is 0 Å². The summed E-state index contributed by atoms with van der Waals surface area (Å²) >= 11 is 1.85. The number of hydrogen-bond donors (Lipinski definition) is 2. The van der Waals surface area contributed by atoms with Crippen LogP contribution >= 0.6 is 11.8 Å². The molecule has 1 saturated heterocycles. The SMILES string of the molecule is CN=C(NCCCCCN1CCCCC1)NCCSC. The topological polar surface area (TPSA) is 39.7 Å². The summed E-state index contributed by atoms with van der Waals surface area (Å²) in [6.07, 6.45) is 10.2. The van der Waals surface area contributed by atoms with Crippen molar-refractivity contribution in [1.29, 1.82) is 0 Å². The molecule has 2 N–H and O–H groups in total. The summed E-state index contributed by atoms with van der Waals surface area (Å²) in [4.78, 5) is 6.85. The van der Waals surface area contributed by atoms with E-state index < -0.39 is 0 Å². The number of aliphatic imine (C=N–C) groups is 1. The van der Waals surface area contributed by atoms with Gasteiger partial charge in [0.15, 0.2) is 5.96 Å². The highest BCUT2D eigenvalue weighted by Gasteiger charge is 2.08. The molecule has 0 aliphatic carbocycles. The maximum atomic E-state index is 4.23. The number of thioether (sulfide) groups is 1. The molecule has 5 heteroatoms. The molecule has 0 radical (unpaired) electrons. The average Bonchev–Trinajstić information content (AvgIpc) is 2.50. The van der Waals surface area contributed by atoms with Crippen molar-refractivity contribution in [1.82, 2.24) is 15.5 Å². The molecule has 0 bridgehead atoms. The van der Waals surface area contributed by atoms with Gasteiger partial charge in [-0.25, -0.2) is 0 Å². The molecule has 0 saturated carbocycles. The van der Waals surface area contributed by atoms with Crippen molar-refractivity contribution in [3.63, 3.8) is 0 Å². The van der Waals surface area contributed by atoms with Crippen LogP contribution in [0.3, 0.4) is 0 Å². The third-order valence-electron chi connectivity index (χ3n) is 3.71. The van der Waals surface area contributed by atoms with Crippen molar-refractivity contribution in [3.8, 4) is 0 Å². The van der Waals surface area contributed by atoms with Crippen molar-refractivity contribution in [2.45, 2.75) is 38.5 Å². The van der Waals surface area contributed by atoms with E-state index in [9.17, 15) is 0 Å². The Morgan fingerprint density at radius 2 is 1.80 bits per heavy atom. The highest BCUT2D eigenvalue weighted by molar-refractivity contribution is 7.98. The standard InChI is InChI=1S/C15H32N4S/c1-16-15(18-10-14-20-2)17-9-5-3-6-11-19-12-7-4-8-13-19/h3-14H2,1-2H3,(H2,16,17,18). The van der Waals surface area contributed by atoms with E-state index in [0.29, 0.717) is 0 Å². The zero-order valence-corrected chi connectivity index (χ0v) is 14.1. The van der Waals surface area contributed by atoms with Crippen LogP contribution in [0.5, 0.6) is 0 Å². The van der Waals surface area contributed by atoms with Gasteiger partial charge in [0.2, 0.25) is 0 Å². The molecule has 1 heterocycles. The first-order chi connectivity index (χ1) is 9.86. The first-order valence-corrected chi connectivity index (χ1v) is 9.42. The van der Waals surface area contributed by atoms with Crippen molar-refractivity contribution in [3.05, 3.63) is 0 Å². The van der Waals surface area contributed by atoms with Crippen LogP contribution in [0.1, 0.15) is 38.5 Å². The smallest absolute Gasteiger partial charge is 0.191 e. The molecule has 4 nitrogen and oxygen atoms in total. The van der Waals surface area contributed by atoms with Gasteiger partial charge in [0.1, 0.15) is 0 Å². The zero-order valence-electron chi connectivity index (χ0n) is 13.3. The monoisotopic (exact) mass is 300 g/mol. The quantitative estimate of drug-likeness (QED) is 0.389. The van der Waals surface area contributed by atoms with Crippen LogP contribution in [0.4, 0.5) is 0 Å². The molecule has 1 aliphatic heterocycles. The number of nitrogens with one attached hydrogen (secondary N) is 2. The predicted molar refractivity (Wildman–Crippen MR) is 91.9 cm³/mol. The van der Waals surface area contributed by atoms with E-state index in [-0.39, 0.29) is 0 Å². The maximum absolute atomic E-state index is 4.23. The molecule has 0 spiro atoms. The highest BCUT2D eigenvalue weighted by Crippen LogP contribution is 2.09. The Labute approximate surface area is 129 Å². The predicted octanol–water partition coefficient (Wildman–Crippen LogP) is 2.17. The van der Waals surface area contributed by atoms with Crippen LogP contribution in [0.25, 0.3) is 0 Å². The first kappa shape index (κ1) is 17.6. The van der Waals surface area contributed by atoms with Crippen LogP contribution in [0, 0.1) is 0 Å². The summed E-state index contributed by atoms with van der Waals surface area (Å²) in [7, 11) is 1.84. The fourth-order valence-electron chi connectivity index (χ4n) is 2.52. The van der Waals surface area contributed by atoms with Crippen LogP contribution in [-0.2, 0) is 0 Å². The molecule has 0 aromatic heterocycles. The maximum Gasteiger partial charge on any atom is 0.191 e. The fourth-order valence-corrected chi connectivity index (χ4v) is 2.83. The van der Waals surface area contributed by atoms with Crippen LogP contribution < -0.4 is 10.6 Å². The number of hydrogen-bond acceptors (Lipinski definition) is 3. The van der Waals surface area contributed by atoms with Crippen molar-refractivity contribution < 1.29 is 0 Å². The van der Waals surface area contributed by atoms with Gasteiger partial charge < -0.3 is 15.5 Å². The fraction of sp³-hybridized carbons (Fsp3) is 0.933. The summed E-state index contributed by atoms with van der Waals surface area (Å²) in [5, 5.41) is 6.71. The lowest BCUT2D eigenvalue weighted by molar-refractivity contribution is 0.224. The third kappa shape index (κ3) is 8.69. The van der Waals surface area contributed by atoms with E-state index in [2.05, 4.69) is 26.8 Å². The van der Waals surface area contributed by atoms with E-state index in [1.165, 1.54) is 58.2 Å². The molecular weight excluding hydrogens is 268 g/mol. The van der Waals surface area contributed by atoms with Crippen molar-refractivity contribution in [2.24, 2.45) is 4.99 Å². The molecule has 118 valence electrons. The molecule has 1 fully saturated rings. The molecule has 1 rings (SSSR count). The zero-order chi connectivity index (χ0) is 14.5. The molecule has 0 unspecified atom stereocenters.